The van der Waals surface area contributed by atoms with Crippen LogP contribution in [0.15, 0.2) is 29.3 Å². The molecule has 3 fully saturated rings. The van der Waals surface area contributed by atoms with Crippen molar-refractivity contribution in [2.75, 3.05) is 11.4 Å². The van der Waals surface area contributed by atoms with E-state index >= 15 is 4.39 Å². The number of nitriles is 1. The van der Waals surface area contributed by atoms with Gasteiger partial charge in [-0.2, -0.15) is 5.26 Å². The highest BCUT2D eigenvalue weighted by atomic mass is 19.3. The first kappa shape index (κ1) is 30.3. The molecule has 1 aromatic heterocycles. The van der Waals surface area contributed by atoms with E-state index in [0.29, 0.717) is 52.0 Å². The van der Waals surface area contributed by atoms with Crippen molar-refractivity contribution in [2.24, 2.45) is 10.7 Å². The van der Waals surface area contributed by atoms with Crippen LogP contribution in [0.2, 0.25) is 0 Å². The smallest absolute Gasteiger partial charge is 0.395 e. The number of rotatable bonds is 7. The second-order valence-electron chi connectivity index (χ2n) is 13.4. The highest BCUT2D eigenvalue weighted by Crippen LogP contribution is 2.54. The molecule has 3 aliphatic heterocycles. The molecule has 0 unspecified atom stereocenters. The van der Waals surface area contributed by atoms with Gasteiger partial charge in [0.1, 0.15) is 34.6 Å². The Bertz CT molecular complexity index is 1990. The van der Waals surface area contributed by atoms with E-state index in [-0.39, 0.29) is 60.2 Å². The third-order valence-electron chi connectivity index (χ3n) is 9.93. The third-order valence-corrected chi connectivity index (χ3v) is 9.93. The molecule has 2 aromatic carbocycles. The number of carbonyl (C=O) groups is 2. The number of primary amides is 1. The van der Waals surface area contributed by atoms with E-state index in [1.54, 1.807) is 19.1 Å². The summed E-state index contributed by atoms with van der Waals surface area (Å²) < 4.78 is 55.2. The Morgan fingerprint density at radius 3 is 2.65 bits per heavy atom. The number of ether oxygens (including phenoxy) is 2. The average molecular weight is 660 g/mol. The molecule has 2 amide bonds. The third kappa shape index (κ3) is 4.86. The van der Waals surface area contributed by atoms with E-state index in [1.807, 2.05) is 22.5 Å². The molecular formula is C34H32F3N7O4. The molecule has 3 aromatic rings. The topological polar surface area (TPSA) is 148 Å². The standard InChI is InChI=1S/C34H32F3N7O4/c1-16-14-33(32(46)41-31(42-33)21-7-8-25-30(28(21)18-3-4-18)48-34(36,37)47-25)9-10-43(16)24-12-19(11-23(35)22(24)15-38)29-17(2)40-27(13-26(39)45)44(29)20-5-6-20/h7-8,11-12,16,18,20H,3-6,9-10,13-14H2,1-2H3,(H2,39,45)(H,41,42,46)/t16-,33+/m0/s1. The van der Waals surface area contributed by atoms with Crippen molar-refractivity contribution in [1.82, 2.24) is 14.9 Å². The number of amidine groups is 1. The number of hydrogen-bond acceptors (Lipinski definition) is 8. The van der Waals surface area contributed by atoms with Crippen LogP contribution in [0.3, 0.4) is 0 Å². The highest BCUT2D eigenvalue weighted by molar-refractivity contribution is 6.16. The Balaban J connectivity index is 1.13. The van der Waals surface area contributed by atoms with Crippen molar-refractivity contribution in [2.45, 2.75) is 88.6 Å². The summed E-state index contributed by atoms with van der Waals surface area (Å²) in [6.07, 6.45) is 0.111. The van der Waals surface area contributed by atoms with Crippen molar-refractivity contribution >= 4 is 23.3 Å². The number of carbonyl (C=O) groups excluding carboxylic acids is 2. The molecule has 2 saturated carbocycles. The minimum absolute atomic E-state index is 0.0114. The van der Waals surface area contributed by atoms with Crippen molar-refractivity contribution in [3.8, 4) is 28.8 Å². The summed E-state index contributed by atoms with van der Waals surface area (Å²) in [6, 6.07) is 7.95. The molecule has 14 heteroatoms. The molecule has 11 nitrogen and oxygen atoms in total. The number of anilines is 1. The molecule has 8 rings (SSSR count). The second-order valence-corrected chi connectivity index (χ2v) is 13.4. The number of fused-ring (bicyclic) bond motifs is 1. The number of benzene rings is 2. The Morgan fingerprint density at radius 2 is 1.98 bits per heavy atom. The van der Waals surface area contributed by atoms with Crippen LogP contribution in [-0.4, -0.2) is 51.6 Å². The number of nitrogens with two attached hydrogens (primary N) is 1. The van der Waals surface area contributed by atoms with Gasteiger partial charge in [-0.25, -0.2) is 9.37 Å². The summed E-state index contributed by atoms with van der Waals surface area (Å²) in [7, 11) is 0. The summed E-state index contributed by atoms with van der Waals surface area (Å²) in [5.74, 6) is -0.757. The number of aryl methyl sites for hydroxylation is 1. The molecule has 1 saturated heterocycles. The molecule has 5 aliphatic rings. The first-order valence-electron chi connectivity index (χ1n) is 16.1. The number of amides is 2. The molecular weight excluding hydrogens is 627 g/mol. The van der Waals surface area contributed by atoms with E-state index in [1.165, 1.54) is 12.1 Å². The molecule has 48 heavy (non-hydrogen) atoms. The Morgan fingerprint density at radius 1 is 1.21 bits per heavy atom. The SMILES string of the molecule is Cc1nc(CC(N)=O)n(C2CC2)c1-c1cc(F)c(C#N)c(N2CC[C@]3(C[C@@H]2C)N=C(c2ccc4c(c2C2CC2)OC(F)(F)O4)NC3=O)c1. The minimum Gasteiger partial charge on any atom is -0.395 e. The zero-order chi connectivity index (χ0) is 33.7. The van der Waals surface area contributed by atoms with Crippen LogP contribution in [0.4, 0.5) is 18.9 Å². The zero-order valence-corrected chi connectivity index (χ0v) is 26.3. The number of nitrogens with one attached hydrogen (secondary N) is 1. The average Bonchev–Trinajstić information content (AvgIpc) is 3.94. The summed E-state index contributed by atoms with van der Waals surface area (Å²) in [6.45, 7) is 3.99. The lowest BCUT2D eigenvalue weighted by atomic mass is 9.83. The van der Waals surface area contributed by atoms with Crippen molar-refractivity contribution < 1.29 is 32.2 Å². The van der Waals surface area contributed by atoms with Crippen LogP contribution in [0.1, 0.15) is 85.6 Å². The van der Waals surface area contributed by atoms with E-state index in [9.17, 15) is 23.6 Å². The Hall–Kier alpha value is -5.06. The summed E-state index contributed by atoms with van der Waals surface area (Å²) >= 11 is 0. The molecule has 3 N–H and O–H groups in total. The monoisotopic (exact) mass is 659 g/mol. The maximum atomic E-state index is 15.7. The summed E-state index contributed by atoms with van der Waals surface area (Å²) in [5.41, 5.74) is 7.55. The van der Waals surface area contributed by atoms with Crippen molar-refractivity contribution in [1.29, 1.82) is 5.26 Å². The normalized spacial score (nSPS) is 24.1. The van der Waals surface area contributed by atoms with Crippen molar-refractivity contribution in [3.63, 3.8) is 0 Å². The number of alkyl halides is 2. The van der Waals surface area contributed by atoms with Gasteiger partial charge >= 0.3 is 6.29 Å². The largest absolute Gasteiger partial charge is 0.586 e. The molecule has 4 heterocycles. The van der Waals surface area contributed by atoms with E-state index in [4.69, 9.17) is 15.5 Å². The fourth-order valence-electron chi connectivity index (χ4n) is 7.58. The number of hydrogen-bond donors (Lipinski definition) is 2. The van der Waals surface area contributed by atoms with Crippen molar-refractivity contribution in [3.05, 3.63) is 58.3 Å². The molecule has 2 aliphatic carbocycles. The van der Waals surface area contributed by atoms with Crippen LogP contribution in [0.25, 0.3) is 11.3 Å². The van der Waals surface area contributed by atoms with Crippen LogP contribution in [-0.2, 0) is 16.0 Å². The van der Waals surface area contributed by atoms with Crippen LogP contribution in [0.5, 0.6) is 11.5 Å². The number of piperidine rings is 1. The van der Waals surface area contributed by atoms with Gasteiger partial charge in [-0.1, -0.05) is 0 Å². The molecule has 0 radical (unpaired) electrons. The minimum atomic E-state index is -3.77. The van der Waals surface area contributed by atoms with Gasteiger partial charge in [0.25, 0.3) is 5.91 Å². The molecule has 1 spiro atoms. The molecule has 2 atom stereocenters. The number of halogens is 3. The first-order chi connectivity index (χ1) is 22.9. The van der Waals surface area contributed by atoms with Gasteiger partial charge in [0.15, 0.2) is 11.5 Å². The summed E-state index contributed by atoms with van der Waals surface area (Å²) in [4.78, 5) is 36.8. The second kappa shape index (κ2) is 10.5. The number of aromatic nitrogens is 2. The van der Waals surface area contributed by atoms with Gasteiger partial charge in [-0.3, -0.25) is 14.6 Å². The lowest BCUT2D eigenvalue weighted by molar-refractivity contribution is -0.286. The maximum absolute atomic E-state index is 15.7. The van der Waals surface area contributed by atoms with E-state index in [0.717, 1.165) is 25.7 Å². The molecule has 248 valence electrons. The highest BCUT2D eigenvalue weighted by Gasteiger charge is 2.51. The number of aliphatic imine (C=N–C) groups is 1. The van der Waals surface area contributed by atoms with E-state index in [2.05, 4.69) is 15.0 Å². The van der Waals surface area contributed by atoms with Gasteiger partial charge in [0.2, 0.25) is 5.91 Å². The fraction of sp³-hybridized carbons (Fsp3) is 0.441. The predicted octanol–water partition coefficient (Wildman–Crippen LogP) is 4.74. The number of imidazole rings is 1. The Kier molecular flexibility index (Phi) is 6.61. The zero-order valence-electron chi connectivity index (χ0n) is 26.3. The first-order valence-corrected chi connectivity index (χ1v) is 16.1. The van der Waals surface area contributed by atoms with Gasteiger partial charge in [0, 0.05) is 41.7 Å². The lowest BCUT2D eigenvalue weighted by Crippen LogP contribution is -2.53. The van der Waals surface area contributed by atoms with Gasteiger partial charge in [-0.05, 0) is 76.1 Å². The Labute approximate surface area is 273 Å². The quantitative estimate of drug-likeness (QED) is 0.373. The van der Waals surface area contributed by atoms with E-state index < -0.39 is 23.6 Å². The van der Waals surface area contributed by atoms with Crippen LogP contribution < -0.4 is 25.4 Å². The van der Waals surface area contributed by atoms with Gasteiger partial charge in [0.05, 0.1) is 23.5 Å². The lowest BCUT2D eigenvalue weighted by Gasteiger charge is -2.42. The van der Waals surface area contributed by atoms with Gasteiger partial charge in [-0.15, -0.1) is 8.78 Å². The summed E-state index contributed by atoms with van der Waals surface area (Å²) in [5, 5.41) is 12.9. The van der Waals surface area contributed by atoms with Crippen LogP contribution in [0, 0.1) is 24.1 Å². The number of nitrogens with zero attached hydrogens (tertiary/aromatic N) is 5. The van der Waals surface area contributed by atoms with Gasteiger partial charge < -0.3 is 30.0 Å². The van der Waals surface area contributed by atoms with Crippen LogP contribution >= 0.6 is 0 Å². The maximum Gasteiger partial charge on any atom is 0.586 e. The fourth-order valence-corrected chi connectivity index (χ4v) is 7.58. The predicted molar refractivity (Wildman–Crippen MR) is 166 cm³/mol. The molecule has 0 bridgehead atoms.